The molecular weight excluding hydrogens is 296 g/mol. The Kier molecular flexibility index (Phi) is 4.85. The molecule has 1 aromatic rings. The van der Waals surface area contributed by atoms with Crippen LogP contribution in [0, 0.1) is 11.3 Å². The number of hydrogen-bond acceptors (Lipinski definition) is 4. The van der Waals surface area contributed by atoms with Crippen molar-refractivity contribution in [1.82, 2.24) is 10.2 Å². The highest BCUT2D eigenvalue weighted by atomic mass is 32.1. The fraction of sp³-hybridized carbons (Fsp3) is 0.706. The van der Waals surface area contributed by atoms with Gasteiger partial charge in [0.25, 0.3) is 0 Å². The molecule has 5 heteroatoms. The van der Waals surface area contributed by atoms with Gasteiger partial charge in [-0.2, -0.15) is 0 Å². The number of hydrogen-bond donors (Lipinski definition) is 1. The van der Waals surface area contributed by atoms with E-state index in [1.165, 1.54) is 4.88 Å². The van der Waals surface area contributed by atoms with Crippen LogP contribution in [0.15, 0.2) is 17.5 Å². The summed E-state index contributed by atoms with van der Waals surface area (Å²) in [5, 5.41) is 5.26. The number of rotatable bonds is 4. The summed E-state index contributed by atoms with van der Waals surface area (Å²) in [4.78, 5) is 16.5. The minimum Gasteiger partial charge on any atom is -0.381 e. The van der Waals surface area contributed by atoms with E-state index in [9.17, 15) is 4.79 Å². The Hall–Kier alpha value is -0.910. The van der Waals surface area contributed by atoms with E-state index in [4.69, 9.17) is 4.74 Å². The molecule has 3 rings (SSSR count). The minimum absolute atomic E-state index is 0.0961. The van der Waals surface area contributed by atoms with Crippen molar-refractivity contribution in [3.05, 3.63) is 22.4 Å². The Balaban J connectivity index is 1.74. The summed E-state index contributed by atoms with van der Waals surface area (Å²) < 4.78 is 5.56. The van der Waals surface area contributed by atoms with E-state index in [1.54, 1.807) is 11.3 Å². The third-order valence-electron chi connectivity index (χ3n) is 4.91. The average molecular weight is 322 g/mol. The van der Waals surface area contributed by atoms with Crippen molar-refractivity contribution in [1.29, 1.82) is 0 Å². The standard InChI is InChI=1S/C17H26N2O2S/c1-13(2)18-16(20)15-11-19(10-14-4-3-9-22-14)12-17(15)5-7-21-8-6-17/h3-4,9,13,15H,5-8,10-12H2,1-2H3,(H,18,20)/t15-/m1/s1. The van der Waals surface area contributed by atoms with Crippen molar-refractivity contribution in [2.24, 2.45) is 11.3 Å². The van der Waals surface area contributed by atoms with E-state index in [1.807, 2.05) is 13.8 Å². The minimum atomic E-state index is 0.0961. The molecule has 4 nitrogen and oxygen atoms in total. The molecule has 1 N–H and O–H groups in total. The van der Waals surface area contributed by atoms with Crippen LogP contribution in [0.4, 0.5) is 0 Å². The first kappa shape index (κ1) is 16.0. The normalized spacial score (nSPS) is 25.0. The van der Waals surface area contributed by atoms with Gasteiger partial charge in [0.1, 0.15) is 0 Å². The molecule has 2 aliphatic heterocycles. The molecule has 2 saturated heterocycles. The molecule has 0 saturated carbocycles. The van der Waals surface area contributed by atoms with E-state index in [0.29, 0.717) is 0 Å². The van der Waals surface area contributed by atoms with Crippen molar-refractivity contribution in [2.75, 3.05) is 26.3 Å². The lowest BCUT2D eigenvalue weighted by Gasteiger charge is -2.37. The summed E-state index contributed by atoms with van der Waals surface area (Å²) in [6.45, 7) is 8.50. The predicted molar refractivity (Wildman–Crippen MR) is 88.9 cm³/mol. The van der Waals surface area contributed by atoms with Gasteiger partial charge in [-0.3, -0.25) is 9.69 Å². The van der Waals surface area contributed by atoms with E-state index >= 15 is 0 Å². The molecule has 0 aromatic carbocycles. The number of ether oxygens (including phenoxy) is 1. The lowest BCUT2D eigenvalue weighted by molar-refractivity contribution is -0.130. The maximum atomic E-state index is 12.7. The summed E-state index contributed by atoms with van der Waals surface area (Å²) in [6, 6.07) is 4.49. The molecule has 1 atom stereocenters. The average Bonchev–Trinajstić information content (AvgIpc) is 3.08. The first-order chi connectivity index (χ1) is 10.6. The van der Waals surface area contributed by atoms with Gasteiger partial charge in [0.15, 0.2) is 0 Å². The summed E-state index contributed by atoms with van der Waals surface area (Å²) in [6.07, 6.45) is 2.01. The molecule has 1 aromatic heterocycles. The van der Waals surface area contributed by atoms with E-state index in [2.05, 4.69) is 27.7 Å². The predicted octanol–water partition coefficient (Wildman–Crippen LogP) is 2.50. The molecule has 1 amide bonds. The summed E-state index contributed by atoms with van der Waals surface area (Å²) in [7, 11) is 0. The molecule has 0 unspecified atom stereocenters. The maximum Gasteiger partial charge on any atom is 0.225 e. The highest BCUT2D eigenvalue weighted by Gasteiger charge is 2.50. The van der Waals surface area contributed by atoms with Crippen molar-refractivity contribution in [2.45, 2.75) is 39.3 Å². The van der Waals surface area contributed by atoms with Gasteiger partial charge in [-0.25, -0.2) is 0 Å². The molecule has 2 aliphatic rings. The van der Waals surface area contributed by atoms with Gasteiger partial charge in [-0.15, -0.1) is 11.3 Å². The largest absolute Gasteiger partial charge is 0.381 e. The van der Waals surface area contributed by atoms with Crippen molar-refractivity contribution in [3.8, 4) is 0 Å². The van der Waals surface area contributed by atoms with Crippen LogP contribution in [-0.4, -0.2) is 43.2 Å². The zero-order valence-corrected chi connectivity index (χ0v) is 14.3. The number of likely N-dealkylation sites (tertiary alicyclic amines) is 1. The highest BCUT2D eigenvalue weighted by molar-refractivity contribution is 7.09. The maximum absolute atomic E-state index is 12.7. The van der Waals surface area contributed by atoms with Crippen LogP contribution in [0.3, 0.4) is 0 Å². The number of thiophene rings is 1. The molecular formula is C17H26N2O2S. The van der Waals surface area contributed by atoms with E-state index < -0.39 is 0 Å². The van der Waals surface area contributed by atoms with Crippen LogP contribution >= 0.6 is 11.3 Å². The quantitative estimate of drug-likeness (QED) is 0.926. The van der Waals surface area contributed by atoms with Crippen molar-refractivity contribution >= 4 is 17.2 Å². The number of nitrogens with one attached hydrogen (secondary N) is 1. The van der Waals surface area contributed by atoms with Crippen LogP contribution in [0.2, 0.25) is 0 Å². The lowest BCUT2D eigenvalue weighted by Crippen LogP contribution is -2.46. The number of nitrogens with zero attached hydrogens (tertiary/aromatic N) is 1. The highest BCUT2D eigenvalue weighted by Crippen LogP contribution is 2.45. The van der Waals surface area contributed by atoms with Crippen LogP contribution in [0.1, 0.15) is 31.6 Å². The van der Waals surface area contributed by atoms with Gasteiger partial charge in [0.05, 0.1) is 5.92 Å². The SMILES string of the molecule is CC(C)NC(=O)[C@H]1CN(Cc2cccs2)CC12CCOCC2. The number of carbonyl (C=O) groups is 1. The number of amides is 1. The lowest BCUT2D eigenvalue weighted by atomic mass is 9.71. The van der Waals surface area contributed by atoms with Gasteiger partial charge in [-0.05, 0) is 38.1 Å². The van der Waals surface area contributed by atoms with Gasteiger partial charge in [0, 0.05) is 49.2 Å². The topological polar surface area (TPSA) is 41.6 Å². The first-order valence-corrected chi connectivity index (χ1v) is 9.10. The zero-order chi connectivity index (χ0) is 15.6. The summed E-state index contributed by atoms with van der Waals surface area (Å²) >= 11 is 1.80. The van der Waals surface area contributed by atoms with Crippen LogP contribution < -0.4 is 5.32 Å². The summed E-state index contributed by atoms with van der Waals surface area (Å²) in [5.74, 6) is 0.323. The first-order valence-electron chi connectivity index (χ1n) is 8.22. The third-order valence-corrected chi connectivity index (χ3v) is 5.78. The fourth-order valence-electron chi connectivity index (χ4n) is 3.85. The van der Waals surface area contributed by atoms with Crippen LogP contribution in [0.5, 0.6) is 0 Å². The van der Waals surface area contributed by atoms with Crippen LogP contribution in [-0.2, 0) is 16.1 Å². The fourth-order valence-corrected chi connectivity index (χ4v) is 4.59. The molecule has 2 fully saturated rings. The van der Waals surface area contributed by atoms with Crippen molar-refractivity contribution < 1.29 is 9.53 Å². The van der Waals surface area contributed by atoms with Gasteiger partial charge in [-0.1, -0.05) is 6.07 Å². The molecule has 3 heterocycles. The van der Waals surface area contributed by atoms with Gasteiger partial charge in [0.2, 0.25) is 5.91 Å². The Labute approximate surface area is 136 Å². The van der Waals surface area contributed by atoms with Gasteiger partial charge >= 0.3 is 0 Å². The van der Waals surface area contributed by atoms with Gasteiger partial charge < -0.3 is 10.1 Å². The molecule has 0 bridgehead atoms. The van der Waals surface area contributed by atoms with Crippen LogP contribution in [0.25, 0.3) is 0 Å². The zero-order valence-electron chi connectivity index (χ0n) is 13.5. The number of carbonyl (C=O) groups excluding carboxylic acids is 1. The second-order valence-electron chi connectivity index (χ2n) is 6.94. The molecule has 1 spiro atoms. The second kappa shape index (κ2) is 6.69. The molecule has 0 radical (unpaired) electrons. The molecule has 22 heavy (non-hydrogen) atoms. The van der Waals surface area contributed by atoms with Crippen molar-refractivity contribution in [3.63, 3.8) is 0 Å². The molecule has 122 valence electrons. The third kappa shape index (κ3) is 3.36. The smallest absolute Gasteiger partial charge is 0.225 e. The Morgan fingerprint density at radius 1 is 1.50 bits per heavy atom. The Morgan fingerprint density at radius 3 is 2.91 bits per heavy atom. The summed E-state index contributed by atoms with van der Waals surface area (Å²) in [5.41, 5.74) is 0.106. The monoisotopic (exact) mass is 322 g/mol. The Bertz CT molecular complexity index is 495. The second-order valence-corrected chi connectivity index (χ2v) is 7.97. The van der Waals surface area contributed by atoms with E-state index in [0.717, 1.165) is 45.7 Å². The van der Waals surface area contributed by atoms with E-state index in [-0.39, 0.29) is 23.3 Å². The molecule has 0 aliphatic carbocycles. The Morgan fingerprint density at radius 2 is 2.27 bits per heavy atom.